The summed E-state index contributed by atoms with van der Waals surface area (Å²) in [5, 5.41) is 13.4. The Labute approximate surface area is 178 Å². The standard InChI is InChI=1S/C21H24F2N6O2/c1-3-24-21(25-12-15-6-4-5-7-17(15)31-20(22)23)26-13-18-27-19(29-28-18)14-8-10-16(30-2)11-9-14/h4-11,20H,3,12-13H2,1-2H3,(H2,24,25,26)(H,27,28,29). The Balaban J connectivity index is 1.64. The maximum absolute atomic E-state index is 12.6. The van der Waals surface area contributed by atoms with Gasteiger partial charge in [-0.25, -0.2) is 9.98 Å². The van der Waals surface area contributed by atoms with Gasteiger partial charge in [0.2, 0.25) is 0 Å². The van der Waals surface area contributed by atoms with E-state index in [2.05, 4.69) is 35.5 Å². The molecule has 0 unspecified atom stereocenters. The fourth-order valence-corrected chi connectivity index (χ4v) is 2.76. The lowest BCUT2D eigenvalue weighted by Gasteiger charge is -2.12. The molecular formula is C21H24F2N6O2. The van der Waals surface area contributed by atoms with Crippen molar-refractivity contribution in [1.29, 1.82) is 0 Å². The number of rotatable bonds is 9. The summed E-state index contributed by atoms with van der Waals surface area (Å²) in [6.07, 6.45) is 0. The van der Waals surface area contributed by atoms with Crippen LogP contribution < -0.4 is 20.1 Å². The lowest BCUT2D eigenvalue weighted by Crippen LogP contribution is -2.37. The molecule has 0 atom stereocenters. The van der Waals surface area contributed by atoms with Crippen molar-refractivity contribution < 1.29 is 18.3 Å². The van der Waals surface area contributed by atoms with Crippen LogP contribution in [-0.4, -0.2) is 41.4 Å². The van der Waals surface area contributed by atoms with E-state index in [0.717, 1.165) is 11.3 Å². The first kappa shape index (κ1) is 22.0. The van der Waals surface area contributed by atoms with Gasteiger partial charge in [0.15, 0.2) is 11.8 Å². The maximum Gasteiger partial charge on any atom is 0.387 e. The smallest absolute Gasteiger partial charge is 0.387 e. The van der Waals surface area contributed by atoms with E-state index < -0.39 is 6.61 Å². The van der Waals surface area contributed by atoms with Crippen molar-refractivity contribution in [3.8, 4) is 22.9 Å². The molecule has 3 N–H and O–H groups in total. The minimum Gasteiger partial charge on any atom is -0.497 e. The molecule has 8 nitrogen and oxygen atoms in total. The number of aliphatic imine (C=N–C) groups is 1. The van der Waals surface area contributed by atoms with Gasteiger partial charge in [-0.3, -0.25) is 5.10 Å². The fourth-order valence-electron chi connectivity index (χ4n) is 2.76. The van der Waals surface area contributed by atoms with Crippen LogP contribution in [0.4, 0.5) is 8.78 Å². The quantitative estimate of drug-likeness (QED) is 0.356. The summed E-state index contributed by atoms with van der Waals surface area (Å²) in [7, 11) is 1.61. The van der Waals surface area contributed by atoms with Gasteiger partial charge in [-0.15, -0.1) is 0 Å². The third kappa shape index (κ3) is 6.39. The van der Waals surface area contributed by atoms with E-state index in [9.17, 15) is 8.78 Å². The van der Waals surface area contributed by atoms with Gasteiger partial charge in [0.25, 0.3) is 0 Å². The Morgan fingerprint density at radius 2 is 1.90 bits per heavy atom. The Morgan fingerprint density at radius 1 is 1.13 bits per heavy atom. The van der Waals surface area contributed by atoms with Gasteiger partial charge in [-0.1, -0.05) is 18.2 Å². The van der Waals surface area contributed by atoms with E-state index >= 15 is 0 Å². The first-order chi connectivity index (χ1) is 15.1. The predicted molar refractivity (Wildman–Crippen MR) is 113 cm³/mol. The third-order valence-corrected chi connectivity index (χ3v) is 4.24. The molecule has 31 heavy (non-hydrogen) atoms. The van der Waals surface area contributed by atoms with Crippen LogP contribution in [0, 0.1) is 0 Å². The van der Waals surface area contributed by atoms with E-state index in [1.54, 1.807) is 25.3 Å². The Morgan fingerprint density at radius 3 is 2.61 bits per heavy atom. The normalized spacial score (nSPS) is 11.5. The summed E-state index contributed by atoms with van der Waals surface area (Å²) in [6, 6.07) is 14.0. The Hall–Kier alpha value is -3.69. The van der Waals surface area contributed by atoms with Gasteiger partial charge in [0, 0.05) is 17.7 Å². The number of H-pyrrole nitrogens is 1. The summed E-state index contributed by atoms with van der Waals surface area (Å²) in [4.78, 5) is 8.92. The predicted octanol–water partition coefficient (Wildman–Crippen LogP) is 3.34. The fraction of sp³-hybridized carbons (Fsp3) is 0.286. The number of benzene rings is 2. The van der Waals surface area contributed by atoms with Crippen molar-refractivity contribution in [1.82, 2.24) is 25.8 Å². The molecule has 0 aliphatic heterocycles. The molecule has 10 heteroatoms. The van der Waals surface area contributed by atoms with Gasteiger partial charge in [0.05, 0.1) is 20.2 Å². The second-order valence-electron chi connectivity index (χ2n) is 6.37. The first-order valence-corrected chi connectivity index (χ1v) is 9.69. The summed E-state index contributed by atoms with van der Waals surface area (Å²) in [5.74, 6) is 2.57. The van der Waals surface area contributed by atoms with Gasteiger partial charge in [0.1, 0.15) is 17.3 Å². The van der Waals surface area contributed by atoms with Crippen LogP contribution in [0.15, 0.2) is 53.5 Å². The van der Waals surface area contributed by atoms with E-state index in [0.29, 0.717) is 36.3 Å². The highest BCUT2D eigenvalue weighted by Gasteiger charge is 2.10. The monoisotopic (exact) mass is 430 g/mol. The molecule has 3 aromatic rings. The number of ether oxygens (including phenoxy) is 2. The molecule has 164 valence electrons. The zero-order valence-corrected chi connectivity index (χ0v) is 17.2. The lowest BCUT2D eigenvalue weighted by molar-refractivity contribution is -0.0504. The molecule has 0 fully saturated rings. The molecule has 0 radical (unpaired) electrons. The van der Waals surface area contributed by atoms with Crippen LogP contribution >= 0.6 is 0 Å². The molecule has 0 saturated carbocycles. The van der Waals surface area contributed by atoms with Crippen molar-refractivity contribution in [2.75, 3.05) is 13.7 Å². The SMILES string of the molecule is CCNC(=NCc1ccccc1OC(F)F)NCc1nc(-c2ccc(OC)cc2)n[nH]1. The van der Waals surface area contributed by atoms with Crippen LogP contribution in [0.1, 0.15) is 18.3 Å². The van der Waals surface area contributed by atoms with Gasteiger partial charge < -0.3 is 20.1 Å². The molecule has 0 bridgehead atoms. The van der Waals surface area contributed by atoms with Crippen molar-refractivity contribution in [2.24, 2.45) is 4.99 Å². The topological polar surface area (TPSA) is 96.5 Å². The van der Waals surface area contributed by atoms with E-state index in [4.69, 9.17) is 4.74 Å². The maximum atomic E-state index is 12.6. The van der Waals surface area contributed by atoms with E-state index in [1.807, 2.05) is 31.2 Å². The summed E-state index contributed by atoms with van der Waals surface area (Å²) < 4.78 is 34.9. The minimum atomic E-state index is -2.89. The molecule has 3 rings (SSSR count). The molecule has 0 spiro atoms. The number of hydrogen-bond acceptors (Lipinski definition) is 5. The highest BCUT2D eigenvalue weighted by Crippen LogP contribution is 2.21. The van der Waals surface area contributed by atoms with Crippen LogP contribution in [0.3, 0.4) is 0 Å². The number of aromatic nitrogens is 3. The average Bonchev–Trinajstić information content (AvgIpc) is 3.25. The summed E-state index contributed by atoms with van der Waals surface area (Å²) >= 11 is 0. The van der Waals surface area contributed by atoms with Crippen molar-refractivity contribution in [2.45, 2.75) is 26.6 Å². The zero-order chi connectivity index (χ0) is 22.1. The molecule has 0 saturated heterocycles. The van der Waals surface area contributed by atoms with Gasteiger partial charge >= 0.3 is 6.61 Å². The average molecular weight is 430 g/mol. The summed E-state index contributed by atoms with van der Waals surface area (Å²) in [5.41, 5.74) is 1.42. The van der Waals surface area contributed by atoms with Crippen molar-refractivity contribution >= 4 is 5.96 Å². The molecule has 1 heterocycles. The van der Waals surface area contributed by atoms with Crippen LogP contribution in [-0.2, 0) is 13.1 Å². The number of nitrogens with zero attached hydrogens (tertiary/aromatic N) is 3. The van der Waals surface area contributed by atoms with Gasteiger partial charge in [-0.05, 0) is 37.3 Å². The van der Waals surface area contributed by atoms with Crippen molar-refractivity contribution in [3.63, 3.8) is 0 Å². The number of halogens is 2. The highest BCUT2D eigenvalue weighted by molar-refractivity contribution is 5.79. The van der Waals surface area contributed by atoms with Gasteiger partial charge in [-0.2, -0.15) is 13.9 Å². The van der Waals surface area contributed by atoms with E-state index in [1.165, 1.54) is 6.07 Å². The first-order valence-electron chi connectivity index (χ1n) is 9.69. The Bertz CT molecular complexity index is 992. The largest absolute Gasteiger partial charge is 0.497 e. The minimum absolute atomic E-state index is 0.108. The van der Waals surface area contributed by atoms with Crippen LogP contribution in [0.2, 0.25) is 0 Å². The second-order valence-corrected chi connectivity index (χ2v) is 6.37. The molecule has 2 aromatic carbocycles. The Kier molecular flexibility index (Phi) is 7.74. The molecule has 0 aliphatic carbocycles. The van der Waals surface area contributed by atoms with Crippen LogP contribution in [0.25, 0.3) is 11.4 Å². The number of guanidine groups is 1. The number of alkyl halides is 2. The molecule has 0 aliphatic rings. The second kappa shape index (κ2) is 10.9. The van der Waals surface area contributed by atoms with Crippen molar-refractivity contribution in [3.05, 3.63) is 59.9 Å². The number of aromatic amines is 1. The third-order valence-electron chi connectivity index (χ3n) is 4.24. The van der Waals surface area contributed by atoms with E-state index in [-0.39, 0.29) is 12.3 Å². The molecular weight excluding hydrogens is 406 g/mol. The molecule has 0 amide bonds. The number of hydrogen-bond donors (Lipinski definition) is 3. The summed E-state index contributed by atoms with van der Waals surface area (Å²) in [6.45, 7) is 0.203. The highest BCUT2D eigenvalue weighted by atomic mass is 19.3. The number of para-hydroxylation sites is 1. The lowest BCUT2D eigenvalue weighted by atomic mass is 10.2. The molecule has 1 aromatic heterocycles. The number of methoxy groups -OCH3 is 1. The number of nitrogens with one attached hydrogen (secondary N) is 3. The van der Waals surface area contributed by atoms with Crippen LogP contribution in [0.5, 0.6) is 11.5 Å². The zero-order valence-electron chi connectivity index (χ0n) is 17.2.